The monoisotopic (exact) mass is 701 g/mol. The lowest BCUT2D eigenvalue weighted by atomic mass is 9.94. The number of benzene rings is 1. The molecule has 0 aliphatic rings. The van der Waals surface area contributed by atoms with Crippen LogP contribution in [0.2, 0.25) is 0 Å². The third kappa shape index (κ3) is 18.6. The van der Waals surface area contributed by atoms with E-state index in [1.807, 2.05) is 67.1 Å². The summed E-state index contributed by atoms with van der Waals surface area (Å²) in [7, 11) is 0. The molecule has 0 N–H and O–H groups in total. The summed E-state index contributed by atoms with van der Waals surface area (Å²) in [6.45, 7) is 48.5. The quantitative estimate of drug-likeness (QED) is 0.213. The van der Waals surface area contributed by atoms with Crippen LogP contribution in [0.5, 0.6) is 0 Å². The van der Waals surface area contributed by atoms with Crippen LogP contribution in [0.3, 0.4) is 0 Å². The van der Waals surface area contributed by atoms with Gasteiger partial charge in [-0.3, -0.25) is 9.97 Å². The van der Waals surface area contributed by atoms with E-state index in [1.54, 1.807) is 0 Å². The molecule has 1 aromatic carbocycles. The van der Waals surface area contributed by atoms with Gasteiger partial charge >= 0.3 is 0 Å². The molecule has 0 saturated heterocycles. The second-order valence-corrected chi connectivity index (χ2v) is 13.6. The lowest BCUT2D eigenvalue weighted by molar-refractivity contribution is 0.800. The lowest BCUT2D eigenvalue weighted by Crippen LogP contribution is -2.03. The summed E-state index contributed by atoms with van der Waals surface area (Å²) in [5, 5.41) is 0. The number of aromatic nitrogens is 4. The van der Waals surface area contributed by atoms with Gasteiger partial charge in [-0.25, -0.2) is 9.97 Å². The molecule has 288 valence electrons. The lowest BCUT2D eigenvalue weighted by Gasteiger charge is -2.12. The van der Waals surface area contributed by atoms with E-state index in [1.165, 1.54) is 55.8 Å². The molecule has 4 aromatic rings. The highest BCUT2D eigenvalue weighted by atomic mass is 14.9. The molecule has 3 heterocycles. The van der Waals surface area contributed by atoms with E-state index in [0.29, 0.717) is 23.7 Å². The van der Waals surface area contributed by atoms with Gasteiger partial charge in [0.05, 0.1) is 0 Å². The smallest absolute Gasteiger partial charge is 0.125 e. The number of pyridine rings is 2. The minimum Gasteiger partial charge on any atom is -0.264 e. The Hall–Kier alpha value is -3.40. The molecule has 0 aliphatic carbocycles. The maximum Gasteiger partial charge on any atom is 0.125 e. The molecular formula is C47H80N4. The first-order valence-corrected chi connectivity index (χ1v) is 19.6. The van der Waals surface area contributed by atoms with Crippen molar-refractivity contribution in [1.82, 2.24) is 19.9 Å². The Labute approximate surface area is 317 Å². The van der Waals surface area contributed by atoms with E-state index in [0.717, 1.165) is 17.2 Å². The highest BCUT2D eigenvalue weighted by Crippen LogP contribution is 2.23. The van der Waals surface area contributed by atoms with Gasteiger partial charge in [0.1, 0.15) is 5.82 Å². The predicted molar refractivity (Wildman–Crippen MR) is 230 cm³/mol. The minimum absolute atomic E-state index is 0.519. The molecule has 4 heteroatoms. The van der Waals surface area contributed by atoms with Crippen LogP contribution in [0.1, 0.15) is 194 Å². The summed E-state index contributed by atoms with van der Waals surface area (Å²) in [4.78, 5) is 17.1. The second-order valence-electron chi connectivity index (χ2n) is 13.6. The summed E-state index contributed by atoms with van der Waals surface area (Å²) < 4.78 is 0. The van der Waals surface area contributed by atoms with Gasteiger partial charge in [0, 0.05) is 35.7 Å². The molecule has 0 amide bonds. The van der Waals surface area contributed by atoms with Gasteiger partial charge in [-0.1, -0.05) is 115 Å². The Balaban J connectivity index is -0.000000573. The van der Waals surface area contributed by atoms with Crippen molar-refractivity contribution in [3.63, 3.8) is 0 Å². The first-order valence-electron chi connectivity index (χ1n) is 19.6. The second kappa shape index (κ2) is 28.2. The first-order chi connectivity index (χ1) is 23.9. The summed E-state index contributed by atoms with van der Waals surface area (Å²) in [6, 6.07) is 8.56. The number of hydrogen-bond acceptors (Lipinski definition) is 4. The average Bonchev–Trinajstić information content (AvgIpc) is 3.03. The van der Waals surface area contributed by atoms with E-state index in [9.17, 15) is 0 Å². The van der Waals surface area contributed by atoms with Crippen LogP contribution in [0.15, 0.2) is 42.9 Å². The number of nitrogens with zero attached hydrogens (tertiary/aromatic N) is 4. The molecule has 0 aliphatic heterocycles. The van der Waals surface area contributed by atoms with Crippen LogP contribution in [0, 0.1) is 62.3 Å². The Morgan fingerprint density at radius 1 is 0.392 bits per heavy atom. The standard InChI is InChI=1S/C11H16.C10H16N2.2C10H15N.3C2H6/c1-8(2)11-9(3)6-5-7-10(11)4;1-6(2)10-7(3)11-9(5)12-8(10)4;1-7(2)10-8(3)5-11-6-9(10)4;1-7(2)10-8(3)5-6-11-9(10)4;3*1-2/h5-8H,1-4H3;6H,1-5H3;2*5-7H,1-4H3;3*1-2H3. The van der Waals surface area contributed by atoms with Crippen molar-refractivity contribution in [2.24, 2.45) is 0 Å². The topological polar surface area (TPSA) is 51.6 Å². The van der Waals surface area contributed by atoms with Gasteiger partial charge in [0.25, 0.3) is 0 Å². The van der Waals surface area contributed by atoms with E-state index in [2.05, 4.69) is 155 Å². The maximum atomic E-state index is 4.34. The molecule has 0 bridgehead atoms. The van der Waals surface area contributed by atoms with Crippen molar-refractivity contribution in [2.75, 3.05) is 0 Å². The molecule has 0 spiro atoms. The van der Waals surface area contributed by atoms with Crippen molar-refractivity contribution < 1.29 is 0 Å². The van der Waals surface area contributed by atoms with Crippen molar-refractivity contribution >= 4 is 0 Å². The fraction of sp³-hybridized carbons (Fsp3) is 0.574. The molecule has 3 aromatic heterocycles. The zero-order valence-electron chi connectivity index (χ0n) is 37.6. The van der Waals surface area contributed by atoms with Crippen LogP contribution >= 0.6 is 0 Å². The largest absolute Gasteiger partial charge is 0.264 e. The van der Waals surface area contributed by atoms with E-state index in [-0.39, 0.29) is 0 Å². The van der Waals surface area contributed by atoms with Crippen molar-refractivity contribution in [1.29, 1.82) is 0 Å². The number of rotatable bonds is 4. The predicted octanol–water partition coefficient (Wildman–Crippen LogP) is 14.7. The zero-order valence-corrected chi connectivity index (χ0v) is 37.6. The highest BCUT2D eigenvalue weighted by molar-refractivity contribution is 5.36. The molecule has 51 heavy (non-hydrogen) atoms. The Kier molecular flexibility index (Phi) is 28.8. The van der Waals surface area contributed by atoms with Crippen LogP contribution < -0.4 is 0 Å². The van der Waals surface area contributed by atoms with Gasteiger partial charge in [0.2, 0.25) is 0 Å². The highest BCUT2D eigenvalue weighted by Gasteiger charge is 2.10. The fourth-order valence-electron chi connectivity index (χ4n) is 6.67. The normalized spacial score (nSPS) is 9.78. The number of aryl methyl sites for hydroxylation is 9. The minimum atomic E-state index is 0.519. The van der Waals surface area contributed by atoms with E-state index < -0.39 is 0 Å². The van der Waals surface area contributed by atoms with Crippen molar-refractivity contribution in [2.45, 2.75) is 183 Å². The SMILES string of the molecule is CC.CC.CC.Cc1cccc(C)c1C(C)C.Cc1ccnc(C)c1C(C)C.Cc1cncc(C)c1C(C)C.Cc1nc(C)c(C(C)C)c(C)n1. The third-order valence-electron chi connectivity index (χ3n) is 8.08. The summed E-state index contributed by atoms with van der Waals surface area (Å²) in [5.74, 6) is 3.23. The van der Waals surface area contributed by atoms with Gasteiger partial charge < -0.3 is 0 Å². The molecular weight excluding hydrogens is 621 g/mol. The van der Waals surface area contributed by atoms with Gasteiger partial charge in [-0.15, -0.1) is 0 Å². The molecule has 0 fully saturated rings. The summed E-state index contributed by atoms with van der Waals surface area (Å²) in [5.41, 5.74) is 15.8. The fourth-order valence-corrected chi connectivity index (χ4v) is 6.67. The van der Waals surface area contributed by atoms with Crippen molar-refractivity contribution in [3.05, 3.63) is 116 Å². The molecule has 0 saturated carbocycles. The first kappa shape index (κ1) is 52.0. The Morgan fingerprint density at radius 2 is 0.725 bits per heavy atom. The number of hydrogen-bond donors (Lipinski definition) is 0. The maximum absolute atomic E-state index is 4.34. The Bertz CT molecular complexity index is 1280. The summed E-state index contributed by atoms with van der Waals surface area (Å²) in [6.07, 6.45) is 5.74. The molecule has 0 unspecified atom stereocenters. The third-order valence-corrected chi connectivity index (χ3v) is 8.08. The molecule has 0 radical (unpaired) electrons. The van der Waals surface area contributed by atoms with Gasteiger partial charge in [-0.05, 0) is 142 Å². The van der Waals surface area contributed by atoms with Crippen LogP contribution in [-0.4, -0.2) is 19.9 Å². The van der Waals surface area contributed by atoms with Gasteiger partial charge in [0.15, 0.2) is 0 Å². The molecule has 0 atom stereocenters. The van der Waals surface area contributed by atoms with Crippen molar-refractivity contribution in [3.8, 4) is 0 Å². The zero-order chi connectivity index (χ0) is 40.6. The average molecular weight is 701 g/mol. The summed E-state index contributed by atoms with van der Waals surface area (Å²) >= 11 is 0. The molecule has 4 nitrogen and oxygen atoms in total. The Morgan fingerprint density at radius 3 is 1.00 bits per heavy atom. The van der Waals surface area contributed by atoms with Crippen LogP contribution in [0.4, 0.5) is 0 Å². The molecule has 4 rings (SSSR count). The van der Waals surface area contributed by atoms with Crippen LogP contribution in [-0.2, 0) is 0 Å². The van der Waals surface area contributed by atoms with E-state index >= 15 is 0 Å². The van der Waals surface area contributed by atoms with E-state index in [4.69, 9.17) is 0 Å². The van der Waals surface area contributed by atoms with Gasteiger partial charge in [-0.2, -0.15) is 0 Å². The van der Waals surface area contributed by atoms with Crippen LogP contribution in [0.25, 0.3) is 0 Å².